The van der Waals surface area contributed by atoms with Gasteiger partial charge < -0.3 is 10.8 Å². The van der Waals surface area contributed by atoms with E-state index in [-0.39, 0.29) is 11.6 Å². The van der Waals surface area contributed by atoms with Crippen molar-refractivity contribution in [2.24, 2.45) is 5.73 Å². The van der Waals surface area contributed by atoms with Crippen LogP contribution < -0.4 is 5.73 Å². The third kappa shape index (κ3) is 25.7. The molecule has 0 aromatic heterocycles. The summed E-state index contributed by atoms with van der Waals surface area (Å²) in [4.78, 5) is 24.7. The van der Waals surface area contributed by atoms with Crippen LogP contribution in [0.25, 0.3) is 0 Å². The zero-order valence-electron chi connectivity index (χ0n) is 26.7. The number of hydrogen-bond donors (Lipinski definition) is 2. The minimum Gasteiger partial charge on any atom is -0.383 e. The summed E-state index contributed by atoms with van der Waals surface area (Å²) in [7, 11) is 0. The van der Waals surface area contributed by atoms with Crippen LogP contribution in [0.15, 0.2) is 24.3 Å². The fourth-order valence-electron chi connectivity index (χ4n) is 5.12. The molecule has 0 fully saturated rings. The fraction of sp³-hybridized carbons (Fsp3) is 0.833. The largest absolute Gasteiger partial charge is 0.383 e. The SMILES string of the molecule is CCCCC/C=C\C/C=C\CCCCCCCC(=O)C(O)C(N)C(=O)CCCCCCCCCCCCCCC. The first-order chi connectivity index (χ1) is 19.5. The molecule has 0 aromatic carbocycles. The summed E-state index contributed by atoms with van der Waals surface area (Å²) in [6.07, 6.45) is 37.2. The first kappa shape index (κ1) is 38.7. The van der Waals surface area contributed by atoms with Gasteiger partial charge in [0.2, 0.25) is 0 Å². The Labute approximate surface area is 249 Å². The fourth-order valence-corrected chi connectivity index (χ4v) is 5.12. The van der Waals surface area contributed by atoms with Crippen LogP contribution in [-0.4, -0.2) is 28.8 Å². The van der Waals surface area contributed by atoms with Crippen LogP contribution in [0, 0.1) is 0 Å². The highest BCUT2D eigenvalue weighted by atomic mass is 16.3. The molecule has 0 aromatic rings. The number of unbranched alkanes of at least 4 members (excludes halogenated alkanes) is 20. The van der Waals surface area contributed by atoms with E-state index in [1.807, 2.05) is 0 Å². The number of rotatable bonds is 31. The molecule has 0 spiro atoms. The van der Waals surface area contributed by atoms with Gasteiger partial charge in [0.1, 0.15) is 6.10 Å². The van der Waals surface area contributed by atoms with E-state index in [4.69, 9.17) is 5.73 Å². The van der Waals surface area contributed by atoms with Crippen molar-refractivity contribution in [3.8, 4) is 0 Å². The molecule has 0 radical (unpaired) electrons. The smallest absolute Gasteiger partial charge is 0.163 e. The summed E-state index contributed by atoms with van der Waals surface area (Å²) >= 11 is 0. The number of aliphatic hydroxyl groups excluding tert-OH is 1. The Bertz CT molecular complexity index is 628. The molecule has 0 aliphatic rings. The van der Waals surface area contributed by atoms with Crippen molar-refractivity contribution in [2.45, 2.75) is 193 Å². The number of allylic oxidation sites excluding steroid dienone is 4. The first-order valence-electron chi connectivity index (χ1n) is 17.3. The molecule has 0 bridgehead atoms. The summed E-state index contributed by atoms with van der Waals surface area (Å²) in [5.74, 6) is -0.458. The molecule has 234 valence electrons. The van der Waals surface area contributed by atoms with Crippen LogP contribution in [0.4, 0.5) is 0 Å². The number of nitrogens with two attached hydrogens (primary N) is 1. The zero-order valence-corrected chi connectivity index (χ0v) is 26.7. The van der Waals surface area contributed by atoms with Gasteiger partial charge >= 0.3 is 0 Å². The van der Waals surface area contributed by atoms with E-state index < -0.39 is 12.1 Å². The van der Waals surface area contributed by atoms with Crippen molar-refractivity contribution in [3.63, 3.8) is 0 Å². The summed E-state index contributed by atoms with van der Waals surface area (Å²) in [6.45, 7) is 4.49. The molecule has 0 saturated carbocycles. The van der Waals surface area contributed by atoms with Gasteiger partial charge in [0.25, 0.3) is 0 Å². The molecule has 40 heavy (non-hydrogen) atoms. The summed E-state index contributed by atoms with van der Waals surface area (Å²) in [6, 6.07) is -1.07. The zero-order chi connectivity index (χ0) is 29.5. The van der Waals surface area contributed by atoms with Gasteiger partial charge in [0, 0.05) is 12.8 Å². The van der Waals surface area contributed by atoms with Gasteiger partial charge in [-0.3, -0.25) is 9.59 Å². The highest BCUT2D eigenvalue weighted by Crippen LogP contribution is 2.14. The first-order valence-corrected chi connectivity index (χ1v) is 17.3. The molecule has 3 N–H and O–H groups in total. The molecule has 0 aliphatic heterocycles. The van der Waals surface area contributed by atoms with Crippen LogP contribution >= 0.6 is 0 Å². The molecule has 2 atom stereocenters. The van der Waals surface area contributed by atoms with E-state index in [1.165, 1.54) is 96.3 Å². The predicted octanol–water partition coefficient (Wildman–Crippen LogP) is 10.1. The lowest BCUT2D eigenvalue weighted by Crippen LogP contribution is -2.46. The number of carbonyl (C=O) groups is 2. The Morgan fingerprint density at radius 1 is 0.525 bits per heavy atom. The van der Waals surface area contributed by atoms with Crippen molar-refractivity contribution >= 4 is 11.6 Å². The lowest BCUT2D eigenvalue weighted by atomic mass is 9.96. The number of hydrogen-bond acceptors (Lipinski definition) is 4. The predicted molar refractivity (Wildman–Crippen MR) is 174 cm³/mol. The molecular weight excluding hydrogens is 494 g/mol. The molecule has 0 heterocycles. The number of carbonyl (C=O) groups excluding carboxylic acids is 2. The standard InChI is InChI=1S/C36H67NO3/c1-3-5-7-9-11-13-15-17-18-20-22-24-26-28-30-32-34(39)36(40)35(37)33(38)31-29-27-25-23-21-19-16-14-12-10-8-6-4-2/h11,13,17-18,35-36,40H,3-10,12,14-16,19-32,37H2,1-2H3/b13-11-,18-17-. The van der Waals surface area contributed by atoms with Crippen LogP contribution in [0.5, 0.6) is 0 Å². The van der Waals surface area contributed by atoms with Gasteiger partial charge in [-0.15, -0.1) is 0 Å². The molecule has 2 unspecified atom stereocenters. The minimum atomic E-state index is -1.35. The van der Waals surface area contributed by atoms with Crippen molar-refractivity contribution < 1.29 is 14.7 Å². The molecule has 0 aliphatic carbocycles. The van der Waals surface area contributed by atoms with Crippen LogP contribution in [0.1, 0.15) is 181 Å². The number of ketones is 2. The Balaban J connectivity index is 3.64. The van der Waals surface area contributed by atoms with E-state index in [9.17, 15) is 14.7 Å². The molecule has 4 heteroatoms. The van der Waals surface area contributed by atoms with Crippen molar-refractivity contribution in [1.29, 1.82) is 0 Å². The second kappa shape index (κ2) is 30.7. The van der Waals surface area contributed by atoms with Gasteiger partial charge in [-0.1, -0.05) is 147 Å². The van der Waals surface area contributed by atoms with Gasteiger partial charge in [0.05, 0.1) is 6.04 Å². The highest BCUT2D eigenvalue weighted by Gasteiger charge is 2.27. The summed E-state index contributed by atoms with van der Waals surface area (Å²) in [5.41, 5.74) is 5.93. The van der Waals surface area contributed by atoms with Crippen LogP contribution in [-0.2, 0) is 9.59 Å². The molecular formula is C36H67NO3. The minimum absolute atomic E-state index is 0.177. The Kier molecular flexibility index (Phi) is 29.7. The summed E-state index contributed by atoms with van der Waals surface area (Å²) < 4.78 is 0. The van der Waals surface area contributed by atoms with Crippen molar-refractivity contribution in [2.75, 3.05) is 0 Å². The molecule has 0 amide bonds. The normalized spacial score (nSPS) is 13.4. The van der Waals surface area contributed by atoms with Crippen LogP contribution in [0.2, 0.25) is 0 Å². The quantitative estimate of drug-likeness (QED) is 0.0651. The molecule has 0 rings (SSSR count). The van der Waals surface area contributed by atoms with Gasteiger partial charge in [-0.2, -0.15) is 0 Å². The third-order valence-corrected chi connectivity index (χ3v) is 7.94. The molecule has 4 nitrogen and oxygen atoms in total. The van der Waals surface area contributed by atoms with E-state index >= 15 is 0 Å². The second-order valence-corrected chi connectivity index (χ2v) is 11.9. The third-order valence-electron chi connectivity index (χ3n) is 7.94. The monoisotopic (exact) mass is 562 g/mol. The average molecular weight is 562 g/mol. The van der Waals surface area contributed by atoms with Crippen LogP contribution in [0.3, 0.4) is 0 Å². The second-order valence-electron chi connectivity index (χ2n) is 11.9. The van der Waals surface area contributed by atoms with E-state index in [2.05, 4.69) is 38.2 Å². The maximum Gasteiger partial charge on any atom is 0.163 e. The number of aliphatic hydroxyl groups is 1. The Hall–Kier alpha value is -1.26. The maximum absolute atomic E-state index is 12.4. The summed E-state index contributed by atoms with van der Waals surface area (Å²) in [5, 5.41) is 10.3. The number of Topliss-reactive ketones (excluding diaryl/α,β-unsaturated/α-hetero) is 2. The Morgan fingerprint density at radius 2 is 0.875 bits per heavy atom. The van der Waals surface area contributed by atoms with Crippen molar-refractivity contribution in [1.82, 2.24) is 0 Å². The highest BCUT2D eigenvalue weighted by molar-refractivity contribution is 5.93. The maximum atomic E-state index is 12.4. The average Bonchev–Trinajstić information content (AvgIpc) is 2.96. The Morgan fingerprint density at radius 3 is 1.35 bits per heavy atom. The van der Waals surface area contributed by atoms with Gasteiger partial charge in [0.15, 0.2) is 11.6 Å². The van der Waals surface area contributed by atoms with Gasteiger partial charge in [-0.25, -0.2) is 0 Å². The van der Waals surface area contributed by atoms with Crippen molar-refractivity contribution in [3.05, 3.63) is 24.3 Å². The van der Waals surface area contributed by atoms with E-state index in [0.717, 1.165) is 57.8 Å². The topological polar surface area (TPSA) is 80.4 Å². The van der Waals surface area contributed by atoms with E-state index in [0.29, 0.717) is 12.8 Å². The van der Waals surface area contributed by atoms with E-state index in [1.54, 1.807) is 0 Å². The molecule has 0 saturated heterocycles. The van der Waals surface area contributed by atoms with Gasteiger partial charge in [-0.05, 0) is 44.9 Å². The lowest BCUT2D eigenvalue weighted by Gasteiger charge is -2.16. The lowest BCUT2D eigenvalue weighted by molar-refractivity contribution is -0.134.